The molecule has 1 aromatic rings. The monoisotopic (exact) mass is 242 g/mol. The van der Waals surface area contributed by atoms with Gasteiger partial charge in [-0.15, -0.1) is 0 Å². The lowest BCUT2D eigenvalue weighted by Crippen LogP contribution is -2.29. The lowest BCUT2D eigenvalue weighted by atomic mass is 10.2. The fourth-order valence-electron chi connectivity index (χ4n) is 1.17. The first-order valence-electron chi connectivity index (χ1n) is 4.99. The topological polar surface area (TPSA) is 58.1 Å². The Morgan fingerprint density at radius 2 is 2.19 bits per heavy atom. The molecule has 1 amide bonds. The summed E-state index contributed by atoms with van der Waals surface area (Å²) >= 11 is 5.92. The van der Waals surface area contributed by atoms with Crippen molar-refractivity contribution in [3.63, 3.8) is 0 Å². The summed E-state index contributed by atoms with van der Waals surface area (Å²) in [6.07, 6.45) is 2.10. The lowest BCUT2D eigenvalue weighted by Gasteiger charge is -2.13. The zero-order valence-electron chi connectivity index (χ0n) is 9.62. The second-order valence-corrected chi connectivity index (χ2v) is 3.84. The predicted molar refractivity (Wildman–Crippen MR) is 63.6 cm³/mol. The van der Waals surface area contributed by atoms with Crippen LogP contribution in [0, 0.1) is 0 Å². The van der Waals surface area contributed by atoms with Gasteiger partial charge in [-0.05, 0) is 6.42 Å². The summed E-state index contributed by atoms with van der Waals surface area (Å²) in [6, 6.07) is 0. The Balaban J connectivity index is 2.74. The average Bonchev–Trinajstić information content (AvgIpc) is 2.25. The van der Waals surface area contributed by atoms with Gasteiger partial charge in [-0.1, -0.05) is 18.5 Å². The molecule has 1 rings (SSSR count). The molecule has 0 radical (unpaired) electrons. The summed E-state index contributed by atoms with van der Waals surface area (Å²) in [4.78, 5) is 20.9. The van der Waals surface area contributed by atoms with Gasteiger partial charge in [0, 0.05) is 19.7 Å². The van der Waals surface area contributed by atoms with Gasteiger partial charge in [0.1, 0.15) is 17.3 Å². The van der Waals surface area contributed by atoms with Gasteiger partial charge in [0.2, 0.25) is 5.91 Å². The van der Waals surface area contributed by atoms with Crippen molar-refractivity contribution in [2.45, 2.75) is 13.3 Å². The van der Waals surface area contributed by atoms with E-state index < -0.39 is 0 Å². The fraction of sp³-hybridized carbons (Fsp3) is 0.500. The second kappa shape index (κ2) is 5.65. The number of carbonyl (C=O) groups excluding carboxylic acids is 1. The first-order chi connectivity index (χ1) is 7.56. The molecule has 0 atom stereocenters. The van der Waals surface area contributed by atoms with Crippen molar-refractivity contribution in [1.82, 2.24) is 14.9 Å². The molecule has 0 saturated carbocycles. The minimum atomic E-state index is -0.0169. The maximum Gasteiger partial charge on any atom is 0.241 e. The number of amides is 1. The van der Waals surface area contributed by atoms with Crippen LogP contribution in [0.15, 0.2) is 6.33 Å². The summed E-state index contributed by atoms with van der Waals surface area (Å²) in [5, 5.41) is 3.39. The van der Waals surface area contributed by atoms with Crippen LogP contribution >= 0.6 is 11.6 Å². The number of hydrogen-bond donors (Lipinski definition) is 1. The number of rotatable bonds is 4. The third-order valence-corrected chi connectivity index (χ3v) is 2.48. The van der Waals surface area contributed by atoms with Crippen LogP contribution in [0.3, 0.4) is 0 Å². The summed E-state index contributed by atoms with van der Waals surface area (Å²) in [5.41, 5.74) is 0.829. The van der Waals surface area contributed by atoms with E-state index in [1.54, 1.807) is 14.1 Å². The van der Waals surface area contributed by atoms with Gasteiger partial charge < -0.3 is 10.2 Å². The van der Waals surface area contributed by atoms with E-state index in [1.165, 1.54) is 11.2 Å². The molecule has 1 N–H and O–H groups in total. The third kappa shape index (κ3) is 3.06. The molecular formula is C10H15ClN4O. The van der Waals surface area contributed by atoms with Crippen molar-refractivity contribution in [2.75, 3.05) is 26.0 Å². The van der Waals surface area contributed by atoms with Gasteiger partial charge in [-0.3, -0.25) is 4.79 Å². The summed E-state index contributed by atoms with van der Waals surface area (Å²) in [6.45, 7) is 2.16. The van der Waals surface area contributed by atoms with Crippen molar-refractivity contribution in [2.24, 2.45) is 0 Å². The van der Waals surface area contributed by atoms with E-state index in [-0.39, 0.29) is 12.5 Å². The van der Waals surface area contributed by atoms with Crippen molar-refractivity contribution in [1.29, 1.82) is 0 Å². The van der Waals surface area contributed by atoms with E-state index in [0.717, 1.165) is 12.0 Å². The molecule has 0 aliphatic carbocycles. The van der Waals surface area contributed by atoms with Gasteiger partial charge in [0.15, 0.2) is 0 Å². The molecule has 0 aliphatic heterocycles. The fourth-order valence-corrected chi connectivity index (χ4v) is 1.44. The average molecular weight is 243 g/mol. The van der Waals surface area contributed by atoms with Crippen LogP contribution < -0.4 is 5.32 Å². The van der Waals surface area contributed by atoms with Crippen molar-refractivity contribution < 1.29 is 4.79 Å². The van der Waals surface area contributed by atoms with Crippen molar-refractivity contribution in [3.05, 3.63) is 17.0 Å². The van der Waals surface area contributed by atoms with Gasteiger partial charge in [0.05, 0.1) is 6.54 Å². The zero-order chi connectivity index (χ0) is 12.1. The largest absolute Gasteiger partial charge is 0.361 e. The van der Waals surface area contributed by atoms with Crippen LogP contribution in [0.25, 0.3) is 0 Å². The molecule has 6 heteroatoms. The van der Waals surface area contributed by atoms with Gasteiger partial charge in [0.25, 0.3) is 0 Å². The molecule has 1 aromatic heterocycles. The van der Waals surface area contributed by atoms with E-state index >= 15 is 0 Å². The van der Waals surface area contributed by atoms with Crippen LogP contribution in [0.5, 0.6) is 0 Å². The highest BCUT2D eigenvalue weighted by atomic mass is 35.5. The molecule has 0 bridgehead atoms. The van der Waals surface area contributed by atoms with E-state index in [2.05, 4.69) is 15.3 Å². The molecule has 0 aliphatic rings. The Kier molecular flexibility index (Phi) is 4.49. The van der Waals surface area contributed by atoms with Crippen LogP contribution in [0.1, 0.15) is 12.5 Å². The van der Waals surface area contributed by atoms with Crippen LogP contribution in [0.2, 0.25) is 5.15 Å². The standard InChI is InChI=1S/C10H15ClN4O/c1-4-7-9(11)13-6-14-10(7)12-5-8(16)15(2)3/h6H,4-5H2,1-3H3,(H,12,13,14). The zero-order valence-corrected chi connectivity index (χ0v) is 10.4. The van der Waals surface area contributed by atoms with E-state index in [0.29, 0.717) is 11.0 Å². The molecule has 0 fully saturated rings. The number of nitrogens with one attached hydrogen (secondary N) is 1. The second-order valence-electron chi connectivity index (χ2n) is 3.49. The molecule has 1 heterocycles. The number of hydrogen-bond acceptors (Lipinski definition) is 4. The Morgan fingerprint density at radius 1 is 1.50 bits per heavy atom. The Bertz CT molecular complexity index is 381. The predicted octanol–water partition coefficient (Wildman–Crippen LogP) is 1.19. The smallest absolute Gasteiger partial charge is 0.241 e. The van der Waals surface area contributed by atoms with Gasteiger partial charge in [-0.2, -0.15) is 0 Å². The number of halogens is 1. The summed E-state index contributed by atoms with van der Waals surface area (Å²) in [5.74, 6) is 0.606. The molecule has 88 valence electrons. The van der Waals surface area contributed by atoms with E-state index in [4.69, 9.17) is 11.6 Å². The highest BCUT2D eigenvalue weighted by molar-refractivity contribution is 6.30. The van der Waals surface area contributed by atoms with Crippen LogP contribution in [-0.2, 0) is 11.2 Å². The SMILES string of the molecule is CCc1c(Cl)ncnc1NCC(=O)N(C)C. The van der Waals surface area contributed by atoms with Crippen molar-refractivity contribution >= 4 is 23.3 Å². The number of aromatic nitrogens is 2. The van der Waals surface area contributed by atoms with E-state index in [1.807, 2.05) is 6.92 Å². The molecule has 0 spiro atoms. The Morgan fingerprint density at radius 3 is 2.75 bits per heavy atom. The third-order valence-electron chi connectivity index (χ3n) is 2.15. The molecular weight excluding hydrogens is 228 g/mol. The molecule has 16 heavy (non-hydrogen) atoms. The first kappa shape index (κ1) is 12.7. The highest BCUT2D eigenvalue weighted by Crippen LogP contribution is 2.19. The normalized spacial score (nSPS) is 10.0. The van der Waals surface area contributed by atoms with Gasteiger partial charge >= 0.3 is 0 Å². The first-order valence-corrected chi connectivity index (χ1v) is 5.37. The number of likely N-dealkylation sites (N-methyl/N-ethyl adjacent to an activating group) is 1. The van der Waals surface area contributed by atoms with Crippen molar-refractivity contribution in [3.8, 4) is 0 Å². The number of anilines is 1. The molecule has 0 unspecified atom stereocenters. The lowest BCUT2D eigenvalue weighted by molar-refractivity contribution is -0.126. The Labute approximate surface area is 99.8 Å². The number of nitrogens with zero attached hydrogens (tertiary/aromatic N) is 3. The van der Waals surface area contributed by atoms with Crippen LogP contribution in [0.4, 0.5) is 5.82 Å². The van der Waals surface area contributed by atoms with E-state index in [9.17, 15) is 4.79 Å². The minimum Gasteiger partial charge on any atom is -0.361 e. The molecule has 5 nitrogen and oxygen atoms in total. The van der Waals surface area contributed by atoms with Gasteiger partial charge in [-0.25, -0.2) is 9.97 Å². The maximum absolute atomic E-state index is 11.4. The summed E-state index contributed by atoms with van der Waals surface area (Å²) < 4.78 is 0. The summed E-state index contributed by atoms with van der Waals surface area (Å²) in [7, 11) is 3.41. The highest BCUT2D eigenvalue weighted by Gasteiger charge is 2.09. The minimum absolute atomic E-state index is 0.0169. The molecule has 0 saturated heterocycles. The van der Waals surface area contributed by atoms with Crippen LogP contribution in [-0.4, -0.2) is 41.4 Å². The quantitative estimate of drug-likeness (QED) is 0.806. The Hall–Kier alpha value is -1.36. The maximum atomic E-state index is 11.4. The number of carbonyl (C=O) groups is 1. The molecule has 0 aromatic carbocycles.